The van der Waals surface area contributed by atoms with E-state index in [0.717, 1.165) is 11.1 Å². The van der Waals surface area contributed by atoms with Gasteiger partial charge in [0.05, 0.1) is 0 Å². The van der Waals surface area contributed by atoms with Crippen molar-refractivity contribution in [1.82, 2.24) is 5.32 Å². The lowest BCUT2D eigenvalue weighted by Crippen LogP contribution is -2.42. The lowest BCUT2D eigenvalue weighted by molar-refractivity contribution is -0.139. The molecule has 0 aliphatic heterocycles. The lowest BCUT2D eigenvalue weighted by atomic mass is 10.1. The molecule has 1 amide bonds. The highest BCUT2D eigenvalue weighted by atomic mass is 16.4. The van der Waals surface area contributed by atoms with Gasteiger partial charge in [-0.3, -0.25) is 4.79 Å². The van der Waals surface area contributed by atoms with Crippen molar-refractivity contribution in [2.24, 2.45) is 0 Å². The number of hydrogen-bond donors (Lipinski definition) is 3. The van der Waals surface area contributed by atoms with E-state index in [-0.39, 0.29) is 6.42 Å². The van der Waals surface area contributed by atoms with Gasteiger partial charge in [-0.25, -0.2) is 4.79 Å². The summed E-state index contributed by atoms with van der Waals surface area (Å²) in [5.41, 5.74) is 9.02. The molecule has 3 rings (SSSR count). The number of amides is 1. The van der Waals surface area contributed by atoms with Crippen LogP contribution in [0.25, 0.3) is 0 Å². The quantitative estimate of drug-likeness (QED) is 0.447. The van der Waals surface area contributed by atoms with Gasteiger partial charge in [0.25, 0.3) is 5.91 Å². The van der Waals surface area contributed by atoms with Crippen LogP contribution >= 0.6 is 0 Å². The van der Waals surface area contributed by atoms with Gasteiger partial charge in [-0.15, -0.1) is 0 Å². The summed E-state index contributed by atoms with van der Waals surface area (Å²) in [6.07, 6.45) is 0.206. The van der Waals surface area contributed by atoms with E-state index in [0.29, 0.717) is 16.8 Å². The summed E-state index contributed by atoms with van der Waals surface area (Å²) in [6, 6.07) is 21.9. The van der Waals surface area contributed by atoms with Gasteiger partial charge in [0.2, 0.25) is 0 Å². The van der Waals surface area contributed by atoms with Gasteiger partial charge >= 0.3 is 5.97 Å². The Hall–Kier alpha value is -4.48. The van der Waals surface area contributed by atoms with Crippen molar-refractivity contribution in [2.75, 3.05) is 5.73 Å². The number of aliphatic carboxylic acids is 1. The molecule has 0 spiro atoms. The fourth-order valence-electron chi connectivity index (χ4n) is 2.77. The van der Waals surface area contributed by atoms with Crippen LogP contribution in [0.5, 0.6) is 0 Å². The first-order valence-electron chi connectivity index (χ1n) is 9.56. The Balaban J connectivity index is 1.62. The number of anilines is 1. The number of benzene rings is 3. The first-order valence-corrected chi connectivity index (χ1v) is 9.56. The Morgan fingerprint density at radius 2 is 1.39 bits per heavy atom. The van der Waals surface area contributed by atoms with Gasteiger partial charge in [0.15, 0.2) is 0 Å². The van der Waals surface area contributed by atoms with Crippen molar-refractivity contribution in [3.05, 3.63) is 101 Å². The number of carbonyl (C=O) groups excluding carboxylic acids is 1. The van der Waals surface area contributed by atoms with Gasteiger partial charge in [-0.2, -0.15) is 0 Å². The first-order chi connectivity index (χ1) is 15.0. The van der Waals surface area contributed by atoms with Crippen LogP contribution < -0.4 is 11.1 Å². The predicted octanol–water partition coefficient (Wildman–Crippen LogP) is 3.10. The lowest BCUT2D eigenvalue weighted by Gasteiger charge is -2.14. The van der Waals surface area contributed by atoms with E-state index in [1.165, 1.54) is 0 Å². The smallest absolute Gasteiger partial charge is 0.326 e. The third-order valence-corrected chi connectivity index (χ3v) is 4.42. The Morgan fingerprint density at radius 3 is 1.94 bits per heavy atom. The van der Waals surface area contributed by atoms with E-state index in [2.05, 4.69) is 29.0 Å². The molecule has 0 heterocycles. The molecule has 31 heavy (non-hydrogen) atoms. The van der Waals surface area contributed by atoms with E-state index in [1.807, 2.05) is 42.5 Å². The summed E-state index contributed by atoms with van der Waals surface area (Å²) in [4.78, 5) is 24.0. The fourth-order valence-corrected chi connectivity index (χ4v) is 2.77. The predicted molar refractivity (Wildman–Crippen MR) is 120 cm³/mol. The molecule has 0 saturated heterocycles. The number of carboxylic acids is 1. The molecular formula is C26H20N2O3. The number of nitrogens with one attached hydrogen (secondary N) is 1. The first kappa shape index (κ1) is 21.2. The maximum atomic E-state index is 12.5. The second-order valence-electron chi connectivity index (χ2n) is 6.75. The number of carbonyl (C=O) groups is 2. The molecule has 5 heteroatoms. The monoisotopic (exact) mass is 408 g/mol. The molecule has 0 bridgehead atoms. The van der Waals surface area contributed by atoms with Crippen molar-refractivity contribution >= 4 is 17.6 Å². The van der Waals surface area contributed by atoms with Crippen LogP contribution in [-0.2, 0) is 11.2 Å². The van der Waals surface area contributed by atoms with Gasteiger partial charge < -0.3 is 16.2 Å². The average Bonchev–Trinajstić information content (AvgIpc) is 2.78. The highest BCUT2D eigenvalue weighted by Gasteiger charge is 2.21. The zero-order valence-corrected chi connectivity index (χ0v) is 16.6. The fraction of sp³-hybridized carbons (Fsp3) is 0.0769. The summed E-state index contributed by atoms with van der Waals surface area (Å²) in [5, 5.41) is 12.0. The van der Waals surface area contributed by atoms with Crippen molar-refractivity contribution < 1.29 is 14.7 Å². The number of rotatable bonds is 5. The molecule has 0 unspecified atom stereocenters. The Kier molecular flexibility index (Phi) is 7.08. The van der Waals surface area contributed by atoms with E-state index in [9.17, 15) is 14.7 Å². The van der Waals surface area contributed by atoms with Gasteiger partial charge in [-0.1, -0.05) is 42.2 Å². The molecule has 0 fully saturated rings. The number of hydrogen-bond acceptors (Lipinski definition) is 3. The molecule has 152 valence electrons. The van der Waals surface area contributed by atoms with Crippen LogP contribution in [0.1, 0.15) is 27.0 Å². The van der Waals surface area contributed by atoms with Crippen molar-refractivity contribution in [3.63, 3.8) is 0 Å². The topological polar surface area (TPSA) is 92.4 Å². The Bertz CT molecular complexity index is 1180. The van der Waals surface area contributed by atoms with E-state index < -0.39 is 17.9 Å². The molecule has 1 atom stereocenters. The molecule has 0 aromatic heterocycles. The molecule has 5 nitrogen and oxygen atoms in total. The standard InChI is InChI=1S/C26H20N2O3/c27-23-16-12-20(13-17-23)7-5-4-6-19-10-14-22(15-11-19)25(29)28-24(26(30)31)18-21-8-2-1-3-9-21/h1-3,8-17,24H,18,27H2,(H,28,29)(H,30,31)/t24-/m0/s1. The van der Waals surface area contributed by atoms with E-state index in [4.69, 9.17) is 5.73 Å². The molecule has 4 N–H and O–H groups in total. The molecule has 0 saturated carbocycles. The van der Waals surface area contributed by atoms with Crippen LogP contribution in [-0.4, -0.2) is 23.0 Å². The van der Waals surface area contributed by atoms with Gasteiger partial charge in [-0.05, 0) is 65.9 Å². The van der Waals surface area contributed by atoms with Gasteiger partial charge in [0.1, 0.15) is 6.04 Å². The van der Waals surface area contributed by atoms with E-state index in [1.54, 1.807) is 36.4 Å². The van der Waals surface area contributed by atoms with E-state index >= 15 is 0 Å². The third kappa shape index (κ3) is 6.52. The minimum atomic E-state index is -1.08. The van der Waals surface area contributed by atoms with Gasteiger partial charge in [0, 0.05) is 28.8 Å². The largest absolute Gasteiger partial charge is 0.480 e. The summed E-state index contributed by atoms with van der Waals surface area (Å²) in [7, 11) is 0. The second-order valence-corrected chi connectivity index (χ2v) is 6.75. The number of nitrogen functional groups attached to an aromatic ring is 1. The van der Waals surface area contributed by atoms with Crippen LogP contribution in [0.15, 0.2) is 78.9 Å². The minimum absolute atomic E-state index is 0.206. The zero-order valence-electron chi connectivity index (χ0n) is 16.6. The summed E-state index contributed by atoms with van der Waals surface area (Å²) >= 11 is 0. The molecule has 3 aromatic rings. The van der Waals surface area contributed by atoms with Crippen LogP contribution in [0.4, 0.5) is 5.69 Å². The maximum absolute atomic E-state index is 12.5. The zero-order chi connectivity index (χ0) is 22.1. The number of nitrogens with two attached hydrogens (primary N) is 1. The summed E-state index contributed by atoms with van der Waals surface area (Å²) in [6.45, 7) is 0. The van der Waals surface area contributed by atoms with Crippen LogP contribution in [0.2, 0.25) is 0 Å². The summed E-state index contributed by atoms with van der Waals surface area (Å²) < 4.78 is 0. The molecule has 0 aliphatic carbocycles. The van der Waals surface area contributed by atoms with Crippen LogP contribution in [0.3, 0.4) is 0 Å². The Labute approximate surface area is 180 Å². The average molecular weight is 408 g/mol. The van der Waals surface area contributed by atoms with Crippen molar-refractivity contribution in [2.45, 2.75) is 12.5 Å². The van der Waals surface area contributed by atoms with Crippen molar-refractivity contribution in [3.8, 4) is 23.7 Å². The second kappa shape index (κ2) is 10.3. The maximum Gasteiger partial charge on any atom is 0.326 e. The normalized spacial score (nSPS) is 10.6. The summed E-state index contributed by atoms with van der Waals surface area (Å²) in [5.74, 6) is 9.84. The highest BCUT2D eigenvalue weighted by molar-refractivity contribution is 5.96. The molecule has 0 radical (unpaired) electrons. The van der Waals surface area contributed by atoms with Crippen molar-refractivity contribution in [1.29, 1.82) is 0 Å². The van der Waals surface area contributed by atoms with Crippen LogP contribution in [0, 0.1) is 23.7 Å². The molecular weight excluding hydrogens is 388 g/mol. The molecule has 3 aromatic carbocycles. The highest BCUT2D eigenvalue weighted by Crippen LogP contribution is 2.07. The third-order valence-electron chi connectivity index (χ3n) is 4.42. The minimum Gasteiger partial charge on any atom is -0.480 e. The number of carboxylic acid groups (broad SMARTS) is 1. The SMILES string of the molecule is Nc1ccc(C#CC#Cc2ccc(C(=O)N[C@@H](Cc3ccccc3)C(=O)O)cc2)cc1. The Morgan fingerprint density at radius 1 is 0.839 bits per heavy atom. The molecule has 0 aliphatic rings.